The highest BCUT2D eigenvalue weighted by molar-refractivity contribution is 5.85. The van der Waals surface area contributed by atoms with Crippen LogP contribution >= 0.6 is 12.4 Å². The van der Waals surface area contributed by atoms with Crippen molar-refractivity contribution in [3.8, 4) is 0 Å². The average Bonchev–Trinajstić information content (AvgIpc) is 2.84. The van der Waals surface area contributed by atoms with Crippen LogP contribution < -0.4 is 5.32 Å². The fraction of sp³-hybridized carbons (Fsp3) is 0.947. The number of carbonyl (C=O) groups is 1. The molecule has 3 heterocycles. The molecule has 0 aromatic heterocycles. The molecule has 3 unspecified atom stereocenters. The summed E-state index contributed by atoms with van der Waals surface area (Å²) >= 11 is 0. The molecule has 0 saturated carbocycles. The Kier molecular flexibility index (Phi) is 7.21. The number of fused-ring (bicyclic) bond motifs is 2. The van der Waals surface area contributed by atoms with Crippen LogP contribution in [-0.4, -0.2) is 35.5 Å². The Labute approximate surface area is 148 Å². The summed E-state index contributed by atoms with van der Waals surface area (Å²) in [6.07, 6.45) is 12.1. The molecule has 3 saturated heterocycles. The van der Waals surface area contributed by atoms with Crippen molar-refractivity contribution < 1.29 is 4.79 Å². The Morgan fingerprint density at radius 1 is 1.13 bits per heavy atom. The SMILES string of the molecule is CC(C)CCC1CCCCN1C(=O)CC1CC2CCC(C1)N2.Cl. The van der Waals surface area contributed by atoms with Crippen molar-refractivity contribution in [1.82, 2.24) is 10.2 Å². The second-order valence-electron chi connectivity index (χ2n) is 8.39. The Balaban J connectivity index is 0.00000192. The summed E-state index contributed by atoms with van der Waals surface area (Å²) in [5.41, 5.74) is 0. The Morgan fingerprint density at radius 2 is 1.83 bits per heavy atom. The zero-order chi connectivity index (χ0) is 15.5. The number of hydrogen-bond donors (Lipinski definition) is 1. The molecule has 3 fully saturated rings. The first-order chi connectivity index (χ1) is 10.6. The number of nitrogens with one attached hydrogen (secondary N) is 1. The molecule has 3 nitrogen and oxygen atoms in total. The van der Waals surface area contributed by atoms with Gasteiger partial charge in [0.05, 0.1) is 0 Å². The van der Waals surface area contributed by atoms with Crippen LogP contribution in [0.15, 0.2) is 0 Å². The molecule has 0 spiro atoms. The van der Waals surface area contributed by atoms with Gasteiger partial charge < -0.3 is 10.2 Å². The number of nitrogens with zero attached hydrogens (tertiary/aromatic N) is 1. The van der Waals surface area contributed by atoms with E-state index in [-0.39, 0.29) is 12.4 Å². The molecule has 23 heavy (non-hydrogen) atoms. The normalized spacial score (nSPS) is 33.6. The summed E-state index contributed by atoms with van der Waals surface area (Å²) in [6.45, 7) is 5.60. The highest BCUT2D eigenvalue weighted by Gasteiger charge is 2.36. The minimum Gasteiger partial charge on any atom is -0.340 e. The molecule has 3 aliphatic rings. The largest absolute Gasteiger partial charge is 0.340 e. The molecule has 1 N–H and O–H groups in total. The van der Waals surface area contributed by atoms with Gasteiger partial charge in [-0.05, 0) is 69.6 Å². The molecule has 0 radical (unpaired) electrons. The summed E-state index contributed by atoms with van der Waals surface area (Å²) in [5.74, 6) is 1.85. The van der Waals surface area contributed by atoms with E-state index in [4.69, 9.17) is 0 Å². The molecule has 3 rings (SSSR count). The number of piperidine rings is 2. The van der Waals surface area contributed by atoms with E-state index in [0.717, 1.165) is 18.9 Å². The van der Waals surface area contributed by atoms with Crippen molar-refractivity contribution in [2.24, 2.45) is 11.8 Å². The van der Waals surface area contributed by atoms with Crippen molar-refractivity contribution in [2.75, 3.05) is 6.54 Å². The number of carbonyl (C=O) groups excluding carboxylic acids is 1. The number of hydrogen-bond acceptors (Lipinski definition) is 2. The van der Waals surface area contributed by atoms with Crippen LogP contribution in [0.1, 0.15) is 78.1 Å². The van der Waals surface area contributed by atoms with E-state index < -0.39 is 0 Å². The fourth-order valence-corrected chi connectivity index (χ4v) is 4.86. The number of amides is 1. The predicted molar refractivity (Wildman–Crippen MR) is 98.0 cm³/mol. The second kappa shape index (κ2) is 8.71. The molecule has 4 heteroatoms. The maximum absolute atomic E-state index is 12.9. The van der Waals surface area contributed by atoms with Crippen LogP contribution in [0.25, 0.3) is 0 Å². The Morgan fingerprint density at radius 3 is 2.48 bits per heavy atom. The smallest absolute Gasteiger partial charge is 0.223 e. The maximum Gasteiger partial charge on any atom is 0.223 e. The first-order valence-corrected chi connectivity index (χ1v) is 9.67. The van der Waals surface area contributed by atoms with Gasteiger partial charge in [-0.15, -0.1) is 12.4 Å². The molecule has 0 aromatic carbocycles. The van der Waals surface area contributed by atoms with Gasteiger partial charge in [0.1, 0.15) is 0 Å². The lowest BCUT2D eigenvalue weighted by atomic mass is 9.88. The van der Waals surface area contributed by atoms with Gasteiger partial charge in [0.15, 0.2) is 0 Å². The molecule has 3 aliphatic heterocycles. The van der Waals surface area contributed by atoms with Gasteiger partial charge in [-0.25, -0.2) is 0 Å². The molecule has 2 bridgehead atoms. The topological polar surface area (TPSA) is 32.3 Å². The quantitative estimate of drug-likeness (QED) is 0.814. The van der Waals surface area contributed by atoms with Gasteiger partial charge >= 0.3 is 0 Å². The van der Waals surface area contributed by atoms with Crippen molar-refractivity contribution in [3.63, 3.8) is 0 Å². The van der Waals surface area contributed by atoms with Gasteiger partial charge in [-0.3, -0.25) is 4.79 Å². The fourth-order valence-electron chi connectivity index (χ4n) is 4.86. The van der Waals surface area contributed by atoms with Gasteiger partial charge in [-0.1, -0.05) is 13.8 Å². The third-order valence-corrected chi connectivity index (χ3v) is 6.06. The summed E-state index contributed by atoms with van der Waals surface area (Å²) in [6, 6.07) is 1.94. The number of likely N-dealkylation sites (tertiary alicyclic amines) is 1. The molecule has 1 amide bonds. The van der Waals surface area contributed by atoms with Gasteiger partial charge in [0.2, 0.25) is 5.91 Å². The Bertz CT molecular complexity index is 376. The monoisotopic (exact) mass is 342 g/mol. The summed E-state index contributed by atoms with van der Waals surface area (Å²) < 4.78 is 0. The van der Waals surface area contributed by atoms with Gasteiger partial charge in [0, 0.05) is 31.1 Å². The van der Waals surface area contributed by atoms with Gasteiger partial charge in [0.25, 0.3) is 0 Å². The minimum atomic E-state index is 0. The third kappa shape index (κ3) is 5.09. The van der Waals surface area contributed by atoms with Crippen molar-refractivity contribution in [2.45, 2.75) is 96.2 Å². The molecular formula is C19H35ClN2O. The number of rotatable bonds is 5. The molecular weight excluding hydrogens is 308 g/mol. The zero-order valence-electron chi connectivity index (χ0n) is 14.9. The standard InChI is InChI=1S/C19H34N2O.ClH/c1-14(2)6-9-18-5-3-4-10-21(18)19(22)13-15-11-16-7-8-17(12-15)20-16;/h14-18,20H,3-13H2,1-2H3;1H. The maximum atomic E-state index is 12.9. The van der Waals surface area contributed by atoms with Crippen LogP contribution in [0, 0.1) is 11.8 Å². The minimum absolute atomic E-state index is 0. The molecule has 0 aromatic rings. The van der Waals surface area contributed by atoms with Crippen LogP contribution in [-0.2, 0) is 4.79 Å². The summed E-state index contributed by atoms with van der Waals surface area (Å²) in [5, 5.41) is 3.69. The lowest BCUT2D eigenvalue weighted by Gasteiger charge is -2.38. The zero-order valence-corrected chi connectivity index (χ0v) is 15.7. The van der Waals surface area contributed by atoms with Gasteiger partial charge in [-0.2, -0.15) is 0 Å². The highest BCUT2D eigenvalue weighted by atomic mass is 35.5. The number of halogens is 1. The van der Waals surface area contributed by atoms with Crippen LogP contribution in [0.4, 0.5) is 0 Å². The first-order valence-electron chi connectivity index (χ1n) is 9.67. The van der Waals surface area contributed by atoms with E-state index in [2.05, 4.69) is 24.1 Å². The van der Waals surface area contributed by atoms with E-state index in [0.29, 0.717) is 30.0 Å². The second-order valence-corrected chi connectivity index (χ2v) is 8.39. The van der Waals surface area contributed by atoms with Crippen molar-refractivity contribution in [1.29, 1.82) is 0 Å². The van der Waals surface area contributed by atoms with Crippen LogP contribution in [0.2, 0.25) is 0 Å². The third-order valence-electron chi connectivity index (χ3n) is 6.06. The summed E-state index contributed by atoms with van der Waals surface area (Å²) in [4.78, 5) is 15.1. The summed E-state index contributed by atoms with van der Waals surface area (Å²) in [7, 11) is 0. The van der Waals surface area contributed by atoms with Crippen molar-refractivity contribution >= 4 is 18.3 Å². The van der Waals surface area contributed by atoms with E-state index >= 15 is 0 Å². The molecule has 3 atom stereocenters. The molecule has 134 valence electrons. The average molecular weight is 343 g/mol. The van der Waals surface area contributed by atoms with Crippen LogP contribution in [0.3, 0.4) is 0 Å². The van der Waals surface area contributed by atoms with E-state index in [1.54, 1.807) is 0 Å². The highest BCUT2D eigenvalue weighted by Crippen LogP contribution is 2.34. The lowest BCUT2D eigenvalue weighted by molar-refractivity contribution is -0.136. The van der Waals surface area contributed by atoms with Crippen LogP contribution in [0.5, 0.6) is 0 Å². The lowest BCUT2D eigenvalue weighted by Crippen LogP contribution is -2.46. The Hall–Kier alpha value is -0.280. The molecule has 0 aliphatic carbocycles. The predicted octanol–water partition coefficient (Wildman–Crippen LogP) is 4.15. The van der Waals surface area contributed by atoms with Crippen molar-refractivity contribution in [3.05, 3.63) is 0 Å². The first kappa shape index (κ1) is 19.1. The van der Waals surface area contributed by atoms with E-state index in [1.807, 2.05) is 0 Å². The van der Waals surface area contributed by atoms with E-state index in [9.17, 15) is 4.79 Å². The van der Waals surface area contributed by atoms with E-state index in [1.165, 1.54) is 57.8 Å².